The van der Waals surface area contributed by atoms with E-state index in [1.807, 2.05) is 16.7 Å². The summed E-state index contributed by atoms with van der Waals surface area (Å²) < 4.78 is 27.4. The summed E-state index contributed by atoms with van der Waals surface area (Å²) in [5, 5.41) is 0.329. The van der Waals surface area contributed by atoms with Crippen molar-refractivity contribution in [1.82, 2.24) is 4.90 Å². The molecule has 0 aromatic heterocycles. The minimum atomic E-state index is -3.74. The minimum Gasteiger partial charge on any atom is -0.338 e. The molecule has 27 heavy (non-hydrogen) atoms. The summed E-state index contributed by atoms with van der Waals surface area (Å²) in [7, 11) is -3.74. The molecule has 1 saturated heterocycles. The van der Waals surface area contributed by atoms with Crippen LogP contribution < -0.4 is 4.72 Å². The first kappa shape index (κ1) is 19.8. The van der Waals surface area contributed by atoms with Gasteiger partial charge in [-0.3, -0.25) is 9.52 Å². The fourth-order valence-corrected chi connectivity index (χ4v) is 4.78. The van der Waals surface area contributed by atoms with Crippen molar-refractivity contribution < 1.29 is 13.2 Å². The first-order chi connectivity index (χ1) is 13.0. The zero-order valence-corrected chi connectivity index (χ0v) is 16.9. The Morgan fingerprint density at radius 2 is 1.74 bits per heavy atom. The maximum absolute atomic E-state index is 12.5. The summed E-state index contributed by atoms with van der Waals surface area (Å²) in [5.74, 6) is 1.90. The normalized spacial score (nSPS) is 15.1. The topological polar surface area (TPSA) is 66.5 Å². The highest BCUT2D eigenvalue weighted by Gasteiger charge is 2.16. The number of thioether (sulfide) groups is 1. The third-order valence-corrected chi connectivity index (χ3v) is 6.70. The van der Waals surface area contributed by atoms with Gasteiger partial charge in [0.1, 0.15) is 0 Å². The average Bonchev–Trinajstić information content (AvgIpc) is 2.69. The molecule has 1 N–H and O–H groups in total. The van der Waals surface area contributed by atoms with E-state index in [-0.39, 0.29) is 10.8 Å². The van der Waals surface area contributed by atoms with Gasteiger partial charge in [0.15, 0.2) is 0 Å². The minimum absolute atomic E-state index is 0.0209. The standard InChI is InChI=1S/C19H19ClN2O3S2/c20-17-3-1-2-4-18(17)21-27(24,25)16-8-5-15(6-9-16)7-10-19(23)22-11-13-26-14-12-22/h1-10,21H,11-14H2/b10-7+. The van der Waals surface area contributed by atoms with Gasteiger partial charge in [-0.1, -0.05) is 35.9 Å². The zero-order valence-electron chi connectivity index (χ0n) is 14.5. The van der Waals surface area contributed by atoms with E-state index in [0.29, 0.717) is 10.7 Å². The number of rotatable bonds is 5. The number of halogens is 1. The van der Waals surface area contributed by atoms with Gasteiger partial charge in [0, 0.05) is 30.7 Å². The third kappa shape index (κ3) is 5.28. The van der Waals surface area contributed by atoms with Crippen LogP contribution in [-0.4, -0.2) is 43.8 Å². The lowest BCUT2D eigenvalue weighted by Gasteiger charge is -2.25. The highest BCUT2D eigenvalue weighted by atomic mass is 35.5. The van der Waals surface area contributed by atoms with Crippen LogP contribution >= 0.6 is 23.4 Å². The van der Waals surface area contributed by atoms with Crippen LogP contribution in [-0.2, 0) is 14.8 Å². The zero-order chi connectivity index (χ0) is 19.3. The van der Waals surface area contributed by atoms with Crippen molar-refractivity contribution in [1.29, 1.82) is 0 Å². The molecular weight excluding hydrogens is 404 g/mol. The summed E-state index contributed by atoms with van der Waals surface area (Å²) >= 11 is 7.85. The molecular formula is C19H19ClN2O3S2. The van der Waals surface area contributed by atoms with Crippen molar-refractivity contribution in [2.24, 2.45) is 0 Å². The van der Waals surface area contributed by atoms with Crippen molar-refractivity contribution in [3.8, 4) is 0 Å². The van der Waals surface area contributed by atoms with E-state index < -0.39 is 10.0 Å². The van der Waals surface area contributed by atoms with Crippen LogP contribution in [0.4, 0.5) is 5.69 Å². The van der Waals surface area contributed by atoms with Crippen LogP contribution in [0.2, 0.25) is 5.02 Å². The Labute approximate surface area is 168 Å². The maximum atomic E-state index is 12.5. The molecule has 0 atom stereocenters. The summed E-state index contributed by atoms with van der Waals surface area (Å²) in [5.41, 5.74) is 1.08. The van der Waals surface area contributed by atoms with Crippen molar-refractivity contribution in [3.63, 3.8) is 0 Å². The highest BCUT2D eigenvalue weighted by molar-refractivity contribution is 7.99. The van der Waals surface area contributed by atoms with E-state index in [2.05, 4.69) is 4.72 Å². The molecule has 1 aliphatic rings. The second-order valence-corrected chi connectivity index (χ2v) is 9.24. The number of anilines is 1. The van der Waals surface area contributed by atoms with Gasteiger partial charge in [0.2, 0.25) is 5.91 Å². The van der Waals surface area contributed by atoms with Gasteiger partial charge in [-0.15, -0.1) is 0 Å². The van der Waals surface area contributed by atoms with Gasteiger partial charge in [0.05, 0.1) is 15.6 Å². The number of para-hydroxylation sites is 1. The number of hydrogen-bond donors (Lipinski definition) is 1. The van der Waals surface area contributed by atoms with E-state index in [0.717, 1.165) is 30.2 Å². The quantitative estimate of drug-likeness (QED) is 0.745. The number of hydrogen-bond acceptors (Lipinski definition) is 4. The largest absolute Gasteiger partial charge is 0.338 e. The fourth-order valence-electron chi connectivity index (χ4n) is 2.56. The molecule has 0 saturated carbocycles. The van der Waals surface area contributed by atoms with Crippen LogP contribution in [0.5, 0.6) is 0 Å². The molecule has 0 unspecified atom stereocenters. The van der Waals surface area contributed by atoms with Gasteiger partial charge in [-0.05, 0) is 35.9 Å². The SMILES string of the molecule is O=C(/C=C/c1ccc(S(=O)(=O)Nc2ccccc2Cl)cc1)N1CCSCC1. The molecule has 2 aromatic rings. The van der Waals surface area contributed by atoms with E-state index in [9.17, 15) is 13.2 Å². The van der Waals surface area contributed by atoms with Crippen molar-refractivity contribution in [3.05, 3.63) is 65.2 Å². The first-order valence-corrected chi connectivity index (χ1v) is 11.4. The highest BCUT2D eigenvalue weighted by Crippen LogP contribution is 2.24. The smallest absolute Gasteiger partial charge is 0.261 e. The lowest BCUT2D eigenvalue weighted by molar-refractivity contribution is -0.125. The van der Waals surface area contributed by atoms with Gasteiger partial charge < -0.3 is 4.90 Å². The number of carbonyl (C=O) groups excluding carboxylic acids is 1. The van der Waals surface area contributed by atoms with Crippen LogP contribution in [0.25, 0.3) is 6.08 Å². The molecule has 2 aromatic carbocycles. The number of nitrogens with one attached hydrogen (secondary N) is 1. The number of benzene rings is 2. The number of carbonyl (C=O) groups is 1. The second kappa shape index (κ2) is 8.82. The van der Waals surface area contributed by atoms with Gasteiger partial charge in [-0.25, -0.2) is 8.42 Å². The molecule has 1 aliphatic heterocycles. The lowest BCUT2D eigenvalue weighted by Crippen LogP contribution is -2.36. The van der Waals surface area contributed by atoms with E-state index in [4.69, 9.17) is 11.6 Å². The Bertz CT molecular complexity index is 938. The lowest BCUT2D eigenvalue weighted by atomic mass is 10.2. The number of amides is 1. The Morgan fingerprint density at radius 1 is 1.07 bits per heavy atom. The van der Waals surface area contributed by atoms with E-state index in [1.165, 1.54) is 18.2 Å². The van der Waals surface area contributed by atoms with Crippen LogP contribution in [0.3, 0.4) is 0 Å². The molecule has 8 heteroatoms. The summed E-state index contributed by atoms with van der Waals surface area (Å²) in [6.45, 7) is 1.53. The molecule has 0 spiro atoms. The molecule has 1 fully saturated rings. The summed E-state index contributed by atoms with van der Waals surface area (Å²) in [4.78, 5) is 14.1. The van der Waals surface area contributed by atoms with Gasteiger partial charge >= 0.3 is 0 Å². The second-order valence-electron chi connectivity index (χ2n) is 5.93. The molecule has 1 heterocycles. The van der Waals surface area contributed by atoms with E-state index >= 15 is 0 Å². The van der Waals surface area contributed by atoms with Crippen molar-refractivity contribution >= 4 is 51.1 Å². The molecule has 5 nitrogen and oxygen atoms in total. The molecule has 0 bridgehead atoms. The van der Waals surface area contributed by atoms with E-state index in [1.54, 1.807) is 42.5 Å². The van der Waals surface area contributed by atoms with Crippen molar-refractivity contribution in [2.45, 2.75) is 4.90 Å². The van der Waals surface area contributed by atoms with Crippen LogP contribution in [0.15, 0.2) is 59.5 Å². The maximum Gasteiger partial charge on any atom is 0.261 e. The first-order valence-electron chi connectivity index (χ1n) is 8.38. The Morgan fingerprint density at radius 3 is 2.41 bits per heavy atom. The monoisotopic (exact) mass is 422 g/mol. The Balaban J connectivity index is 1.68. The third-order valence-electron chi connectivity index (χ3n) is 4.05. The predicted molar refractivity (Wildman–Crippen MR) is 112 cm³/mol. The summed E-state index contributed by atoms with van der Waals surface area (Å²) in [6, 6.07) is 13.0. The molecule has 0 aliphatic carbocycles. The predicted octanol–water partition coefficient (Wildman–Crippen LogP) is 3.73. The molecule has 1 amide bonds. The Hall–Kier alpha value is -1.96. The van der Waals surface area contributed by atoms with Crippen LogP contribution in [0.1, 0.15) is 5.56 Å². The average molecular weight is 423 g/mol. The molecule has 142 valence electrons. The molecule has 3 rings (SSSR count). The summed E-state index contributed by atoms with van der Waals surface area (Å²) in [6.07, 6.45) is 3.23. The van der Waals surface area contributed by atoms with Gasteiger partial charge in [0.25, 0.3) is 10.0 Å². The van der Waals surface area contributed by atoms with Gasteiger partial charge in [-0.2, -0.15) is 11.8 Å². The van der Waals surface area contributed by atoms with Crippen LogP contribution in [0, 0.1) is 0 Å². The fraction of sp³-hybridized carbons (Fsp3) is 0.211. The van der Waals surface area contributed by atoms with Crippen molar-refractivity contribution in [2.75, 3.05) is 29.3 Å². The Kier molecular flexibility index (Phi) is 6.46. The molecule has 0 radical (unpaired) electrons. The number of sulfonamides is 1. The number of nitrogens with zero attached hydrogens (tertiary/aromatic N) is 1.